The van der Waals surface area contributed by atoms with Crippen LogP contribution in [-0.2, 0) is 5.88 Å². The van der Waals surface area contributed by atoms with Crippen molar-refractivity contribution in [3.05, 3.63) is 48.0 Å². The van der Waals surface area contributed by atoms with Gasteiger partial charge in [0.15, 0.2) is 0 Å². The van der Waals surface area contributed by atoms with Gasteiger partial charge in [-0.3, -0.25) is 0 Å². The van der Waals surface area contributed by atoms with Crippen LogP contribution in [-0.4, -0.2) is 9.97 Å². The van der Waals surface area contributed by atoms with Crippen LogP contribution in [0.3, 0.4) is 0 Å². The molecule has 0 atom stereocenters. The molecule has 2 aromatic rings. The van der Waals surface area contributed by atoms with Crippen molar-refractivity contribution >= 4 is 11.6 Å². The molecule has 0 amide bonds. The number of nitrogens with zero attached hydrogens (tertiary/aromatic N) is 2. The highest BCUT2D eigenvalue weighted by molar-refractivity contribution is 6.16. The molecule has 3 heteroatoms. The number of alkyl halides is 1. The summed E-state index contributed by atoms with van der Waals surface area (Å²) in [6, 6.07) is 8.28. The maximum atomic E-state index is 5.62. The van der Waals surface area contributed by atoms with Crippen molar-refractivity contribution in [1.29, 1.82) is 0 Å². The van der Waals surface area contributed by atoms with E-state index in [1.807, 2.05) is 0 Å². The van der Waals surface area contributed by atoms with E-state index in [1.165, 1.54) is 5.56 Å². The van der Waals surface area contributed by atoms with E-state index in [4.69, 9.17) is 11.6 Å². The Hall–Kier alpha value is -1.41. The van der Waals surface area contributed by atoms with E-state index in [0.29, 0.717) is 11.7 Å². The van der Waals surface area contributed by atoms with Crippen LogP contribution in [0.1, 0.15) is 11.4 Å². The predicted molar refractivity (Wildman–Crippen MR) is 61.8 cm³/mol. The Bertz CT molecular complexity index is 434. The largest absolute Gasteiger partial charge is 0.239 e. The lowest BCUT2D eigenvalue weighted by Crippen LogP contribution is -1.90. The molecule has 0 unspecified atom stereocenters. The monoisotopic (exact) mass is 218 g/mol. The molecule has 2 nitrogen and oxygen atoms in total. The Morgan fingerprint density at radius 3 is 2.13 bits per heavy atom. The minimum Gasteiger partial charge on any atom is -0.239 e. The third-order valence-corrected chi connectivity index (χ3v) is 2.45. The zero-order valence-electron chi connectivity index (χ0n) is 8.44. The fourth-order valence-corrected chi connectivity index (χ4v) is 1.46. The Kier molecular flexibility index (Phi) is 2.97. The van der Waals surface area contributed by atoms with E-state index in [9.17, 15) is 0 Å². The number of halogens is 1. The number of aromatic nitrogens is 2. The van der Waals surface area contributed by atoms with E-state index in [0.717, 1.165) is 11.1 Å². The van der Waals surface area contributed by atoms with E-state index >= 15 is 0 Å². The zero-order valence-corrected chi connectivity index (χ0v) is 9.20. The van der Waals surface area contributed by atoms with Crippen LogP contribution in [0.5, 0.6) is 0 Å². The number of benzene rings is 1. The second kappa shape index (κ2) is 4.41. The Balaban J connectivity index is 2.33. The van der Waals surface area contributed by atoms with Crippen LogP contribution in [0.15, 0.2) is 36.7 Å². The van der Waals surface area contributed by atoms with Crippen LogP contribution in [0.4, 0.5) is 0 Å². The molecule has 1 heterocycles. The van der Waals surface area contributed by atoms with E-state index in [2.05, 4.69) is 41.2 Å². The quantitative estimate of drug-likeness (QED) is 0.724. The summed E-state index contributed by atoms with van der Waals surface area (Å²) in [6.07, 6.45) is 3.60. The smallest absolute Gasteiger partial charge is 0.142 e. The molecule has 0 saturated carbocycles. The molecule has 1 aromatic heterocycles. The average molecular weight is 219 g/mol. The molecule has 1 aromatic carbocycles. The normalized spacial score (nSPS) is 10.3. The molecule has 0 bridgehead atoms. The molecule has 0 aliphatic carbocycles. The molecule has 0 spiro atoms. The first kappa shape index (κ1) is 10.1. The van der Waals surface area contributed by atoms with Gasteiger partial charge in [0.25, 0.3) is 0 Å². The van der Waals surface area contributed by atoms with Gasteiger partial charge in [0, 0.05) is 18.0 Å². The van der Waals surface area contributed by atoms with Gasteiger partial charge in [-0.05, 0) is 12.5 Å². The number of hydrogen-bond donors (Lipinski definition) is 0. The molecule has 0 aliphatic rings. The molecule has 2 rings (SSSR count). The zero-order chi connectivity index (χ0) is 10.7. The number of aryl methyl sites for hydroxylation is 1. The predicted octanol–water partition coefficient (Wildman–Crippen LogP) is 3.19. The number of hydrogen-bond acceptors (Lipinski definition) is 2. The van der Waals surface area contributed by atoms with Crippen LogP contribution in [0.25, 0.3) is 11.1 Å². The van der Waals surface area contributed by atoms with Gasteiger partial charge in [-0.1, -0.05) is 29.8 Å². The van der Waals surface area contributed by atoms with Gasteiger partial charge in [0.2, 0.25) is 0 Å². The van der Waals surface area contributed by atoms with E-state index in [-0.39, 0.29) is 0 Å². The second-order valence-electron chi connectivity index (χ2n) is 3.39. The van der Waals surface area contributed by atoms with Gasteiger partial charge in [0.05, 0.1) is 5.88 Å². The second-order valence-corrected chi connectivity index (χ2v) is 3.65. The molecular weight excluding hydrogens is 208 g/mol. The summed E-state index contributed by atoms with van der Waals surface area (Å²) in [5.41, 5.74) is 3.39. The van der Waals surface area contributed by atoms with Crippen molar-refractivity contribution in [2.24, 2.45) is 0 Å². The van der Waals surface area contributed by atoms with Crippen molar-refractivity contribution < 1.29 is 0 Å². The van der Waals surface area contributed by atoms with Gasteiger partial charge < -0.3 is 0 Å². The lowest BCUT2D eigenvalue weighted by Gasteiger charge is -2.01. The van der Waals surface area contributed by atoms with Crippen molar-refractivity contribution in [2.75, 3.05) is 0 Å². The molecule has 0 aliphatic heterocycles. The Morgan fingerprint density at radius 2 is 1.60 bits per heavy atom. The highest BCUT2D eigenvalue weighted by atomic mass is 35.5. The molecule has 15 heavy (non-hydrogen) atoms. The maximum absolute atomic E-state index is 5.62. The molecular formula is C12H11ClN2. The van der Waals surface area contributed by atoms with Gasteiger partial charge in [-0.15, -0.1) is 11.6 Å². The fraction of sp³-hybridized carbons (Fsp3) is 0.167. The average Bonchev–Trinajstić information content (AvgIpc) is 2.30. The molecule has 0 fully saturated rings. The topological polar surface area (TPSA) is 25.8 Å². The summed E-state index contributed by atoms with van der Waals surface area (Å²) in [5.74, 6) is 1.02. The summed E-state index contributed by atoms with van der Waals surface area (Å²) in [7, 11) is 0. The highest BCUT2D eigenvalue weighted by Crippen LogP contribution is 2.17. The van der Waals surface area contributed by atoms with Crippen molar-refractivity contribution in [2.45, 2.75) is 12.8 Å². The first-order valence-electron chi connectivity index (χ1n) is 4.73. The van der Waals surface area contributed by atoms with Gasteiger partial charge in [0.1, 0.15) is 5.82 Å². The lowest BCUT2D eigenvalue weighted by molar-refractivity contribution is 1.03. The lowest BCUT2D eigenvalue weighted by atomic mass is 10.1. The highest BCUT2D eigenvalue weighted by Gasteiger charge is 1.99. The van der Waals surface area contributed by atoms with Crippen molar-refractivity contribution in [3.63, 3.8) is 0 Å². The van der Waals surface area contributed by atoms with E-state index in [1.54, 1.807) is 12.4 Å². The molecule has 0 N–H and O–H groups in total. The third-order valence-electron chi connectivity index (χ3n) is 2.21. The van der Waals surface area contributed by atoms with E-state index < -0.39 is 0 Å². The van der Waals surface area contributed by atoms with Crippen molar-refractivity contribution in [3.8, 4) is 11.1 Å². The summed E-state index contributed by atoms with van der Waals surface area (Å²) >= 11 is 5.62. The fourth-order valence-electron chi connectivity index (χ4n) is 1.32. The van der Waals surface area contributed by atoms with Crippen LogP contribution >= 0.6 is 11.6 Å². The minimum absolute atomic E-state index is 0.355. The first-order valence-corrected chi connectivity index (χ1v) is 5.27. The SMILES string of the molecule is Cc1ccc(-c2cnc(CCl)nc2)cc1. The van der Waals surface area contributed by atoms with Crippen LogP contribution in [0, 0.1) is 6.92 Å². The number of rotatable bonds is 2. The molecule has 0 saturated heterocycles. The minimum atomic E-state index is 0.355. The first-order chi connectivity index (χ1) is 7.29. The summed E-state index contributed by atoms with van der Waals surface area (Å²) < 4.78 is 0. The Morgan fingerprint density at radius 1 is 1.00 bits per heavy atom. The summed E-state index contributed by atoms with van der Waals surface area (Å²) in [6.45, 7) is 2.07. The molecule has 76 valence electrons. The maximum Gasteiger partial charge on any atom is 0.142 e. The van der Waals surface area contributed by atoms with Crippen molar-refractivity contribution in [1.82, 2.24) is 9.97 Å². The summed E-state index contributed by atoms with van der Waals surface area (Å²) in [4.78, 5) is 8.31. The third kappa shape index (κ3) is 2.34. The van der Waals surface area contributed by atoms with Gasteiger partial charge in [-0.25, -0.2) is 9.97 Å². The molecule has 0 radical (unpaired) electrons. The van der Waals surface area contributed by atoms with Crippen LogP contribution < -0.4 is 0 Å². The standard InChI is InChI=1S/C12H11ClN2/c1-9-2-4-10(5-3-9)11-7-14-12(6-13)15-8-11/h2-5,7-8H,6H2,1H3. The van der Waals surface area contributed by atoms with Crippen LogP contribution in [0.2, 0.25) is 0 Å². The van der Waals surface area contributed by atoms with Gasteiger partial charge in [-0.2, -0.15) is 0 Å². The summed E-state index contributed by atoms with van der Waals surface area (Å²) in [5, 5.41) is 0. The van der Waals surface area contributed by atoms with Gasteiger partial charge >= 0.3 is 0 Å². The Labute approximate surface area is 94.0 Å².